The molecule has 0 aromatic heterocycles. The van der Waals surface area contributed by atoms with Crippen LogP contribution in [0.4, 0.5) is 4.79 Å². The number of hydrogen-bond acceptors (Lipinski definition) is 3. The molecular weight excluding hydrogens is 314 g/mol. The van der Waals surface area contributed by atoms with Gasteiger partial charge in [0.15, 0.2) is 0 Å². The van der Waals surface area contributed by atoms with Gasteiger partial charge in [0.2, 0.25) is 0 Å². The van der Waals surface area contributed by atoms with Gasteiger partial charge in [0, 0.05) is 5.92 Å². The number of rotatable bonds is 5. The smallest absolute Gasteiger partial charge is 0.407 e. The summed E-state index contributed by atoms with van der Waals surface area (Å²) in [6, 6.07) is 19.2. The van der Waals surface area contributed by atoms with Gasteiger partial charge in [-0.15, -0.1) is 0 Å². The number of aliphatic hydroxyl groups excluding tert-OH is 1. The first kappa shape index (κ1) is 19.0. The van der Waals surface area contributed by atoms with Gasteiger partial charge in [-0.05, 0) is 38.8 Å². The first-order valence-corrected chi connectivity index (χ1v) is 8.55. The van der Waals surface area contributed by atoms with Gasteiger partial charge < -0.3 is 15.2 Å². The number of carbonyl (C=O) groups is 1. The van der Waals surface area contributed by atoms with Crippen molar-refractivity contribution < 1.29 is 14.6 Å². The van der Waals surface area contributed by atoms with Gasteiger partial charge >= 0.3 is 6.09 Å². The Bertz CT molecular complexity index is 623. The molecule has 2 N–H and O–H groups in total. The molecule has 0 aliphatic rings. The summed E-state index contributed by atoms with van der Waals surface area (Å²) in [7, 11) is 0. The van der Waals surface area contributed by atoms with Crippen molar-refractivity contribution in [2.75, 3.05) is 0 Å². The summed E-state index contributed by atoms with van der Waals surface area (Å²) in [4.78, 5) is 12.3. The average Bonchev–Trinajstić information content (AvgIpc) is 2.54. The summed E-state index contributed by atoms with van der Waals surface area (Å²) in [6.45, 7) is 7.13. The van der Waals surface area contributed by atoms with E-state index in [2.05, 4.69) is 5.32 Å². The lowest BCUT2D eigenvalue weighted by atomic mass is 9.83. The summed E-state index contributed by atoms with van der Waals surface area (Å²) in [6.07, 6.45) is -1.28. The van der Waals surface area contributed by atoms with Crippen molar-refractivity contribution in [3.8, 4) is 0 Å². The average molecular weight is 341 g/mol. The van der Waals surface area contributed by atoms with Crippen LogP contribution in [0.3, 0.4) is 0 Å². The van der Waals surface area contributed by atoms with Crippen LogP contribution in [0.5, 0.6) is 0 Å². The zero-order valence-electron chi connectivity index (χ0n) is 15.3. The van der Waals surface area contributed by atoms with Crippen molar-refractivity contribution >= 4 is 6.09 Å². The third kappa shape index (κ3) is 5.61. The molecular formula is C21H27NO3. The van der Waals surface area contributed by atoms with Crippen LogP contribution in [-0.4, -0.2) is 28.9 Å². The van der Waals surface area contributed by atoms with E-state index < -0.39 is 23.8 Å². The zero-order valence-corrected chi connectivity index (χ0v) is 15.3. The molecule has 2 unspecified atom stereocenters. The highest BCUT2D eigenvalue weighted by Gasteiger charge is 2.31. The third-order valence-corrected chi connectivity index (χ3v) is 3.88. The van der Waals surface area contributed by atoms with Gasteiger partial charge in [0.25, 0.3) is 0 Å². The molecule has 0 fully saturated rings. The molecule has 0 aliphatic carbocycles. The van der Waals surface area contributed by atoms with E-state index >= 15 is 0 Å². The fraction of sp³-hybridized carbons (Fsp3) is 0.381. The van der Waals surface area contributed by atoms with Crippen LogP contribution in [0.15, 0.2) is 60.7 Å². The Labute approximate surface area is 149 Å². The molecule has 4 nitrogen and oxygen atoms in total. The molecule has 2 rings (SSSR count). The Balaban J connectivity index is 2.37. The summed E-state index contributed by atoms with van der Waals surface area (Å²) in [5.74, 6) is -0.185. The number of alkyl carbamates (subject to hydrolysis) is 1. The van der Waals surface area contributed by atoms with Gasteiger partial charge in [-0.2, -0.15) is 0 Å². The topological polar surface area (TPSA) is 58.6 Å². The number of hydrogen-bond donors (Lipinski definition) is 2. The Morgan fingerprint density at radius 3 is 1.76 bits per heavy atom. The normalized spacial score (nSPS) is 14.0. The van der Waals surface area contributed by atoms with Gasteiger partial charge in [0.05, 0.1) is 12.1 Å². The molecule has 0 bridgehead atoms. The first-order chi connectivity index (χ1) is 11.8. The minimum atomic E-state index is -0.752. The molecule has 0 spiro atoms. The highest BCUT2D eigenvalue weighted by atomic mass is 16.6. The van der Waals surface area contributed by atoms with E-state index in [-0.39, 0.29) is 5.92 Å². The van der Waals surface area contributed by atoms with Gasteiger partial charge in [-0.3, -0.25) is 0 Å². The van der Waals surface area contributed by atoms with E-state index in [0.29, 0.717) is 0 Å². The number of nitrogens with one attached hydrogen (secondary N) is 1. The predicted octanol–water partition coefficient (Wildman–Crippen LogP) is 4.09. The lowest BCUT2D eigenvalue weighted by molar-refractivity contribution is 0.0425. The lowest BCUT2D eigenvalue weighted by Crippen LogP contribution is -2.48. The van der Waals surface area contributed by atoms with Crippen molar-refractivity contribution in [3.05, 3.63) is 71.8 Å². The highest BCUT2D eigenvalue weighted by molar-refractivity contribution is 5.68. The van der Waals surface area contributed by atoms with Gasteiger partial charge in [-0.1, -0.05) is 60.7 Å². The largest absolute Gasteiger partial charge is 0.444 e. The quantitative estimate of drug-likeness (QED) is 0.861. The molecule has 2 atom stereocenters. The predicted molar refractivity (Wildman–Crippen MR) is 99.6 cm³/mol. The summed E-state index contributed by atoms with van der Waals surface area (Å²) >= 11 is 0. The minimum Gasteiger partial charge on any atom is -0.444 e. The molecule has 0 aliphatic heterocycles. The van der Waals surface area contributed by atoms with Crippen molar-refractivity contribution in [1.82, 2.24) is 5.32 Å². The molecule has 134 valence electrons. The Kier molecular flexibility index (Phi) is 6.21. The van der Waals surface area contributed by atoms with Crippen LogP contribution < -0.4 is 5.32 Å². The summed E-state index contributed by atoms with van der Waals surface area (Å²) in [5.41, 5.74) is 1.45. The molecule has 0 saturated heterocycles. The van der Waals surface area contributed by atoms with Crippen molar-refractivity contribution in [1.29, 1.82) is 0 Å². The maximum Gasteiger partial charge on any atom is 0.407 e. The highest BCUT2D eigenvalue weighted by Crippen LogP contribution is 2.30. The Morgan fingerprint density at radius 1 is 0.960 bits per heavy atom. The van der Waals surface area contributed by atoms with E-state index in [1.807, 2.05) is 81.4 Å². The zero-order chi connectivity index (χ0) is 18.4. The molecule has 0 radical (unpaired) electrons. The molecule has 2 aromatic carbocycles. The monoisotopic (exact) mass is 341 g/mol. The molecule has 25 heavy (non-hydrogen) atoms. The molecule has 0 saturated carbocycles. The number of amides is 1. The second kappa shape index (κ2) is 8.17. The molecule has 1 amide bonds. The number of ether oxygens (including phenoxy) is 1. The van der Waals surface area contributed by atoms with Crippen LogP contribution in [0, 0.1) is 0 Å². The second-order valence-corrected chi connectivity index (χ2v) is 7.21. The Hall–Kier alpha value is -2.33. The maximum atomic E-state index is 12.3. The van der Waals surface area contributed by atoms with Gasteiger partial charge in [0.1, 0.15) is 5.60 Å². The number of aliphatic hydroxyl groups is 1. The van der Waals surface area contributed by atoms with E-state index in [0.717, 1.165) is 11.1 Å². The Morgan fingerprint density at radius 2 is 1.40 bits per heavy atom. The molecule has 4 heteroatoms. The van der Waals surface area contributed by atoms with E-state index in [4.69, 9.17) is 4.74 Å². The third-order valence-electron chi connectivity index (χ3n) is 3.88. The minimum absolute atomic E-state index is 0.185. The fourth-order valence-electron chi connectivity index (χ4n) is 2.85. The van der Waals surface area contributed by atoms with Gasteiger partial charge in [-0.25, -0.2) is 4.79 Å². The van der Waals surface area contributed by atoms with Crippen molar-refractivity contribution in [3.63, 3.8) is 0 Å². The maximum absolute atomic E-state index is 12.3. The van der Waals surface area contributed by atoms with Crippen LogP contribution in [-0.2, 0) is 4.74 Å². The number of benzene rings is 2. The van der Waals surface area contributed by atoms with Crippen molar-refractivity contribution in [2.24, 2.45) is 0 Å². The van der Waals surface area contributed by atoms with Crippen LogP contribution >= 0.6 is 0 Å². The second-order valence-electron chi connectivity index (χ2n) is 7.21. The van der Waals surface area contributed by atoms with E-state index in [1.165, 1.54) is 0 Å². The standard InChI is InChI=1S/C21H27NO3/c1-15(23)19(22-20(24)25-21(2,3)4)18(16-11-7-5-8-12-16)17-13-9-6-10-14-17/h5-15,18-19,23H,1-4H3,(H,22,24). The number of carbonyl (C=O) groups excluding carboxylic acids is 1. The van der Waals surface area contributed by atoms with Crippen LogP contribution in [0.1, 0.15) is 44.7 Å². The van der Waals surface area contributed by atoms with E-state index in [9.17, 15) is 9.90 Å². The SMILES string of the molecule is CC(O)C(NC(=O)OC(C)(C)C)C(c1ccccc1)c1ccccc1. The lowest BCUT2D eigenvalue weighted by Gasteiger charge is -2.32. The molecule has 0 heterocycles. The molecule has 2 aromatic rings. The first-order valence-electron chi connectivity index (χ1n) is 8.55. The summed E-state index contributed by atoms with van der Waals surface area (Å²) in [5, 5.41) is 13.2. The van der Waals surface area contributed by atoms with E-state index in [1.54, 1.807) is 6.92 Å². The fourth-order valence-corrected chi connectivity index (χ4v) is 2.85. The van der Waals surface area contributed by atoms with Crippen molar-refractivity contribution in [2.45, 2.75) is 51.4 Å². The summed E-state index contributed by atoms with van der Waals surface area (Å²) < 4.78 is 5.38. The van der Waals surface area contributed by atoms with Crippen LogP contribution in [0.2, 0.25) is 0 Å². The van der Waals surface area contributed by atoms with Crippen LogP contribution in [0.25, 0.3) is 0 Å².